The van der Waals surface area contributed by atoms with Gasteiger partial charge in [0.2, 0.25) is 0 Å². The Morgan fingerprint density at radius 1 is 1.46 bits per heavy atom. The van der Waals surface area contributed by atoms with Crippen LogP contribution in [0.25, 0.3) is 0 Å². The molecule has 1 rings (SSSR count). The molecule has 0 aromatic rings. The highest BCUT2D eigenvalue weighted by atomic mass is 16.3. The molecule has 1 aliphatic rings. The van der Waals surface area contributed by atoms with E-state index in [0.717, 1.165) is 18.9 Å². The highest BCUT2D eigenvalue weighted by molar-refractivity contribution is 4.83. The van der Waals surface area contributed by atoms with E-state index in [4.69, 9.17) is 0 Å². The molecule has 3 atom stereocenters. The van der Waals surface area contributed by atoms with Crippen molar-refractivity contribution in [2.75, 3.05) is 6.54 Å². The maximum absolute atomic E-state index is 9.81. The fourth-order valence-electron chi connectivity index (χ4n) is 1.92. The summed E-state index contributed by atoms with van der Waals surface area (Å²) in [5, 5.41) is 13.3. The van der Waals surface area contributed by atoms with Crippen molar-refractivity contribution >= 4 is 0 Å². The first kappa shape index (κ1) is 11.0. The predicted octanol–water partition coefficient (Wildman–Crippen LogP) is 1.93. The van der Waals surface area contributed by atoms with Gasteiger partial charge in [-0.25, -0.2) is 0 Å². The second kappa shape index (κ2) is 4.43. The van der Waals surface area contributed by atoms with Crippen LogP contribution >= 0.6 is 0 Å². The smallest absolute Gasteiger partial charge is 0.0741 e. The molecule has 0 heterocycles. The summed E-state index contributed by atoms with van der Waals surface area (Å²) in [6, 6.07) is 0.637. The Morgan fingerprint density at radius 2 is 2.15 bits per heavy atom. The van der Waals surface area contributed by atoms with Crippen LogP contribution in [0.2, 0.25) is 0 Å². The van der Waals surface area contributed by atoms with Gasteiger partial charge >= 0.3 is 0 Å². The van der Waals surface area contributed by atoms with Gasteiger partial charge in [-0.05, 0) is 32.1 Å². The van der Waals surface area contributed by atoms with Crippen LogP contribution in [0.3, 0.4) is 0 Å². The van der Waals surface area contributed by atoms with E-state index in [-0.39, 0.29) is 0 Å². The Kier molecular flexibility index (Phi) is 3.74. The van der Waals surface area contributed by atoms with Crippen molar-refractivity contribution in [3.8, 4) is 0 Å². The van der Waals surface area contributed by atoms with Crippen molar-refractivity contribution in [3.05, 3.63) is 0 Å². The number of hydrogen-bond acceptors (Lipinski definition) is 2. The van der Waals surface area contributed by atoms with E-state index in [0.29, 0.717) is 6.04 Å². The molecule has 2 N–H and O–H groups in total. The van der Waals surface area contributed by atoms with E-state index in [2.05, 4.69) is 12.2 Å². The molecular weight excluding hydrogens is 162 g/mol. The summed E-state index contributed by atoms with van der Waals surface area (Å²) < 4.78 is 0. The summed E-state index contributed by atoms with van der Waals surface area (Å²) in [7, 11) is 0. The predicted molar refractivity (Wildman–Crippen MR) is 55.7 cm³/mol. The largest absolute Gasteiger partial charge is 0.389 e. The molecule has 0 spiro atoms. The fourth-order valence-corrected chi connectivity index (χ4v) is 1.92. The molecule has 0 amide bonds. The van der Waals surface area contributed by atoms with Gasteiger partial charge in [0, 0.05) is 12.6 Å². The van der Waals surface area contributed by atoms with E-state index in [1.54, 1.807) is 0 Å². The van der Waals surface area contributed by atoms with Gasteiger partial charge in [-0.1, -0.05) is 20.3 Å². The Labute approximate surface area is 81.7 Å². The monoisotopic (exact) mass is 185 g/mol. The van der Waals surface area contributed by atoms with Crippen LogP contribution in [0.15, 0.2) is 0 Å². The standard InChI is InChI=1S/C11H23NO/c1-4-11(3,13)8-12-10-7-5-6-9(10)2/h9-10,12-13H,4-8H2,1-3H3. The molecule has 1 saturated carbocycles. The lowest BCUT2D eigenvalue weighted by Crippen LogP contribution is -2.43. The van der Waals surface area contributed by atoms with Gasteiger partial charge in [0.15, 0.2) is 0 Å². The lowest BCUT2D eigenvalue weighted by Gasteiger charge is -2.26. The van der Waals surface area contributed by atoms with Crippen molar-refractivity contribution in [2.24, 2.45) is 5.92 Å². The van der Waals surface area contributed by atoms with Crippen molar-refractivity contribution in [1.29, 1.82) is 0 Å². The average molecular weight is 185 g/mol. The molecule has 2 nitrogen and oxygen atoms in total. The first-order valence-corrected chi connectivity index (χ1v) is 5.51. The summed E-state index contributed by atoms with van der Waals surface area (Å²) in [6.45, 7) is 6.96. The third kappa shape index (κ3) is 3.28. The molecule has 0 aliphatic heterocycles. The third-order valence-electron chi connectivity index (χ3n) is 3.37. The molecule has 1 fully saturated rings. The van der Waals surface area contributed by atoms with Gasteiger partial charge in [-0.2, -0.15) is 0 Å². The SMILES string of the molecule is CCC(C)(O)CNC1CCCC1C. The molecule has 0 bridgehead atoms. The second-order valence-corrected chi connectivity index (χ2v) is 4.75. The zero-order valence-corrected chi connectivity index (χ0v) is 9.14. The molecule has 78 valence electrons. The van der Waals surface area contributed by atoms with Gasteiger partial charge in [-0.3, -0.25) is 0 Å². The molecule has 0 radical (unpaired) electrons. The van der Waals surface area contributed by atoms with Crippen molar-refractivity contribution in [2.45, 2.75) is 58.1 Å². The summed E-state index contributed by atoms with van der Waals surface area (Å²) in [6.07, 6.45) is 4.78. The lowest BCUT2D eigenvalue weighted by molar-refractivity contribution is 0.0517. The minimum absolute atomic E-state index is 0.525. The molecule has 0 saturated heterocycles. The quantitative estimate of drug-likeness (QED) is 0.701. The minimum Gasteiger partial charge on any atom is -0.389 e. The van der Waals surface area contributed by atoms with Crippen LogP contribution in [-0.2, 0) is 0 Å². The molecular formula is C11H23NO. The first-order valence-electron chi connectivity index (χ1n) is 5.51. The van der Waals surface area contributed by atoms with Gasteiger partial charge in [0.25, 0.3) is 0 Å². The maximum atomic E-state index is 9.81. The topological polar surface area (TPSA) is 32.3 Å². The molecule has 0 aromatic carbocycles. The van der Waals surface area contributed by atoms with Crippen LogP contribution in [0.5, 0.6) is 0 Å². The van der Waals surface area contributed by atoms with Crippen LogP contribution in [0.4, 0.5) is 0 Å². The third-order valence-corrected chi connectivity index (χ3v) is 3.37. The van der Waals surface area contributed by atoms with Crippen LogP contribution < -0.4 is 5.32 Å². The van der Waals surface area contributed by atoms with E-state index in [1.807, 2.05) is 13.8 Å². The number of nitrogens with one attached hydrogen (secondary N) is 1. The molecule has 13 heavy (non-hydrogen) atoms. The average Bonchev–Trinajstić information content (AvgIpc) is 2.48. The van der Waals surface area contributed by atoms with Crippen molar-refractivity contribution < 1.29 is 5.11 Å². The highest BCUT2D eigenvalue weighted by Crippen LogP contribution is 2.25. The summed E-state index contributed by atoms with van der Waals surface area (Å²) in [5.74, 6) is 0.785. The number of rotatable bonds is 4. The van der Waals surface area contributed by atoms with E-state index < -0.39 is 5.60 Å². The minimum atomic E-state index is -0.525. The fraction of sp³-hybridized carbons (Fsp3) is 1.00. The van der Waals surface area contributed by atoms with Crippen molar-refractivity contribution in [3.63, 3.8) is 0 Å². The Bertz CT molecular complexity index is 156. The Balaban J connectivity index is 2.25. The van der Waals surface area contributed by atoms with Gasteiger partial charge in [0.05, 0.1) is 5.60 Å². The second-order valence-electron chi connectivity index (χ2n) is 4.75. The van der Waals surface area contributed by atoms with Crippen LogP contribution in [-0.4, -0.2) is 23.3 Å². The molecule has 3 unspecified atom stereocenters. The zero-order chi connectivity index (χ0) is 9.90. The van der Waals surface area contributed by atoms with Gasteiger partial charge < -0.3 is 10.4 Å². The summed E-state index contributed by atoms with van der Waals surface area (Å²) in [4.78, 5) is 0. The maximum Gasteiger partial charge on any atom is 0.0741 e. The lowest BCUT2D eigenvalue weighted by atomic mass is 10.0. The highest BCUT2D eigenvalue weighted by Gasteiger charge is 2.25. The van der Waals surface area contributed by atoms with Crippen LogP contribution in [0, 0.1) is 5.92 Å². The van der Waals surface area contributed by atoms with Gasteiger partial charge in [0.1, 0.15) is 0 Å². The van der Waals surface area contributed by atoms with E-state index in [9.17, 15) is 5.11 Å². The number of aliphatic hydroxyl groups is 1. The summed E-state index contributed by atoms with van der Waals surface area (Å²) in [5.41, 5.74) is -0.525. The van der Waals surface area contributed by atoms with E-state index >= 15 is 0 Å². The normalized spacial score (nSPS) is 33.2. The zero-order valence-electron chi connectivity index (χ0n) is 9.14. The molecule has 2 heteroatoms. The van der Waals surface area contributed by atoms with Crippen LogP contribution in [0.1, 0.15) is 46.5 Å². The molecule has 0 aromatic heterocycles. The number of hydrogen-bond donors (Lipinski definition) is 2. The Hall–Kier alpha value is -0.0800. The van der Waals surface area contributed by atoms with E-state index in [1.165, 1.54) is 19.3 Å². The summed E-state index contributed by atoms with van der Waals surface area (Å²) >= 11 is 0. The molecule has 1 aliphatic carbocycles. The Morgan fingerprint density at radius 3 is 2.62 bits per heavy atom. The first-order chi connectivity index (χ1) is 6.05. The van der Waals surface area contributed by atoms with Gasteiger partial charge in [-0.15, -0.1) is 0 Å². The van der Waals surface area contributed by atoms with Crippen molar-refractivity contribution in [1.82, 2.24) is 5.32 Å².